The molecule has 1 heterocycles. The van der Waals surface area contributed by atoms with Crippen LogP contribution < -0.4 is 10.6 Å². The third kappa shape index (κ3) is 5.36. The van der Waals surface area contributed by atoms with Crippen molar-refractivity contribution in [3.8, 4) is 0 Å². The molecule has 0 aromatic carbocycles. The van der Waals surface area contributed by atoms with E-state index >= 15 is 0 Å². The van der Waals surface area contributed by atoms with Crippen LogP contribution in [0.2, 0.25) is 0 Å². The summed E-state index contributed by atoms with van der Waals surface area (Å²) in [5.41, 5.74) is 1.15. The average molecular weight is 251 g/mol. The van der Waals surface area contributed by atoms with Crippen LogP contribution in [0.25, 0.3) is 0 Å². The summed E-state index contributed by atoms with van der Waals surface area (Å²) in [6, 6.07) is 4.04. The van der Waals surface area contributed by atoms with Crippen molar-refractivity contribution in [2.24, 2.45) is 5.92 Å². The van der Waals surface area contributed by atoms with Gasteiger partial charge in [-0.1, -0.05) is 20.8 Å². The molecular formula is C14H25N3O. The molecule has 1 aromatic rings. The van der Waals surface area contributed by atoms with Crippen molar-refractivity contribution in [1.29, 1.82) is 0 Å². The van der Waals surface area contributed by atoms with Gasteiger partial charge in [-0.05, 0) is 31.0 Å². The predicted molar refractivity (Wildman–Crippen MR) is 74.3 cm³/mol. The molecule has 0 aliphatic heterocycles. The molecule has 2 N–H and O–H groups in total. The summed E-state index contributed by atoms with van der Waals surface area (Å²) in [6.45, 7) is 9.39. The summed E-state index contributed by atoms with van der Waals surface area (Å²) < 4.78 is 2.00. The normalized spacial score (nSPS) is 10.9. The minimum absolute atomic E-state index is 0.0816. The van der Waals surface area contributed by atoms with E-state index in [-0.39, 0.29) is 5.91 Å². The Labute approximate surface area is 110 Å². The lowest BCUT2D eigenvalue weighted by atomic mass is 10.2. The van der Waals surface area contributed by atoms with E-state index in [1.165, 1.54) is 0 Å². The van der Waals surface area contributed by atoms with Gasteiger partial charge in [-0.3, -0.25) is 4.79 Å². The van der Waals surface area contributed by atoms with Crippen molar-refractivity contribution in [2.75, 3.05) is 13.1 Å². The Hall–Kier alpha value is -1.29. The number of rotatable bonds is 8. The fourth-order valence-corrected chi connectivity index (χ4v) is 1.73. The summed E-state index contributed by atoms with van der Waals surface area (Å²) in [7, 11) is 0. The van der Waals surface area contributed by atoms with Crippen molar-refractivity contribution < 1.29 is 4.79 Å². The van der Waals surface area contributed by atoms with Gasteiger partial charge in [0.1, 0.15) is 6.54 Å². The lowest BCUT2D eigenvalue weighted by Gasteiger charge is -2.11. The van der Waals surface area contributed by atoms with Gasteiger partial charge in [0, 0.05) is 25.0 Å². The maximum absolute atomic E-state index is 11.7. The first-order chi connectivity index (χ1) is 8.63. The molecule has 102 valence electrons. The van der Waals surface area contributed by atoms with Crippen LogP contribution in [-0.4, -0.2) is 23.6 Å². The van der Waals surface area contributed by atoms with Crippen LogP contribution in [0.1, 0.15) is 32.9 Å². The summed E-state index contributed by atoms with van der Waals surface area (Å²) in [6.07, 6.45) is 2.93. The van der Waals surface area contributed by atoms with Crippen LogP contribution >= 0.6 is 0 Å². The molecule has 0 aliphatic carbocycles. The molecule has 0 atom stereocenters. The minimum Gasteiger partial charge on any atom is -0.355 e. The van der Waals surface area contributed by atoms with Crippen LogP contribution in [0.15, 0.2) is 18.3 Å². The molecule has 1 amide bonds. The van der Waals surface area contributed by atoms with Crippen molar-refractivity contribution in [3.05, 3.63) is 24.0 Å². The number of hydrogen-bond donors (Lipinski definition) is 2. The van der Waals surface area contributed by atoms with E-state index in [1.807, 2.05) is 16.8 Å². The second kappa shape index (κ2) is 7.93. The number of carbonyl (C=O) groups is 1. The van der Waals surface area contributed by atoms with Crippen LogP contribution in [-0.2, 0) is 17.9 Å². The molecule has 0 aliphatic rings. The van der Waals surface area contributed by atoms with E-state index in [4.69, 9.17) is 0 Å². The van der Waals surface area contributed by atoms with Gasteiger partial charge in [0.2, 0.25) is 5.91 Å². The zero-order chi connectivity index (χ0) is 13.4. The van der Waals surface area contributed by atoms with Crippen molar-refractivity contribution >= 4 is 5.91 Å². The Kier molecular flexibility index (Phi) is 6.50. The molecule has 0 unspecified atom stereocenters. The predicted octanol–water partition coefficient (Wildman–Crippen LogP) is 1.76. The molecule has 0 bridgehead atoms. The third-order valence-corrected chi connectivity index (χ3v) is 2.67. The van der Waals surface area contributed by atoms with Gasteiger partial charge < -0.3 is 15.2 Å². The number of hydrogen-bond acceptors (Lipinski definition) is 2. The van der Waals surface area contributed by atoms with E-state index in [9.17, 15) is 4.79 Å². The van der Waals surface area contributed by atoms with Crippen LogP contribution in [0.5, 0.6) is 0 Å². The fourth-order valence-electron chi connectivity index (χ4n) is 1.73. The zero-order valence-electron chi connectivity index (χ0n) is 11.7. The molecule has 0 saturated heterocycles. The molecule has 0 radical (unpaired) electrons. The van der Waals surface area contributed by atoms with Crippen molar-refractivity contribution in [3.63, 3.8) is 0 Å². The molecule has 18 heavy (non-hydrogen) atoms. The first kappa shape index (κ1) is 14.8. The summed E-state index contributed by atoms with van der Waals surface area (Å²) in [4.78, 5) is 11.7. The van der Waals surface area contributed by atoms with Crippen LogP contribution in [0.3, 0.4) is 0 Å². The Morgan fingerprint density at radius 2 is 2.22 bits per heavy atom. The van der Waals surface area contributed by atoms with Gasteiger partial charge in [0.25, 0.3) is 0 Å². The molecule has 1 rings (SSSR count). The Morgan fingerprint density at radius 3 is 2.89 bits per heavy atom. The van der Waals surface area contributed by atoms with E-state index < -0.39 is 0 Å². The summed E-state index contributed by atoms with van der Waals surface area (Å²) in [5, 5.41) is 6.28. The van der Waals surface area contributed by atoms with E-state index in [0.29, 0.717) is 12.5 Å². The molecule has 1 aromatic heterocycles. The molecule has 0 fully saturated rings. The lowest BCUT2D eigenvalue weighted by molar-refractivity contribution is -0.121. The first-order valence-corrected chi connectivity index (χ1v) is 6.75. The topological polar surface area (TPSA) is 46.1 Å². The number of aromatic nitrogens is 1. The fraction of sp³-hybridized carbons (Fsp3) is 0.643. The quantitative estimate of drug-likeness (QED) is 0.739. The SMILES string of the molecule is CCCNC(=O)Cn1cccc1CNCC(C)C. The highest BCUT2D eigenvalue weighted by atomic mass is 16.1. The lowest BCUT2D eigenvalue weighted by Crippen LogP contribution is -2.29. The Bertz CT molecular complexity index is 358. The van der Waals surface area contributed by atoms with Gasteiger partial charge in [-0.2, -0.15) is 0 Å². The Balaban J connectivity index is 2.41. The van der Waals surface area contributed by atoms with Gasteiger partial charge in [-0.25, -0.2) is 0 Å². The molecular weight excluding hydrogens is 226 g/mol. The molecule has 0 saturated carbocycles. The zero-order valence-corrected chi connectivity index (χ0v) is 11.7. The number of amides is 1. The maximum atomic E-state index is 11.7. The Morgan fingerprint density at radius 1 is 1.44 bits per heavy atom. The van der Waals surface area contributed by atoms with Gasteiger partial charge in [-0.15, -0.1) is 0 Å². The van der Waals surface area contributed by atoms with Gasteiger partial charge >= 0.3 is 0 Å². The first-order valence-electron chi connectivity index (χ1n) is 6.75. The van der Waals surface area contributed by atoms with E-state index in [0.717, 1.165) is 31.7 Å². The average Bonchev–Trinajstić information content (AvgIpc) is 2.73. The minimum atomic E-state index is 0.0816. The van der Waals surface area contributed by atoms with Crippen LogP contribution in [0, 0.1) is 5.92 Å². The third-order valence-electron chi connectivity index (χ3n) is 2.67. The highest BCUT2D eigenvalue weighted by Gasteiger charge is 2.05. The molecule has 0 spiro atoms. The number of nitrogens with one attached hydrogen (secondary N) is 2. The van der Waals surface area contributed by atoms with Gasteiger partial charge in [0.05, 0.1) is 0 Å². The van der Waals surface area contributed by atoms with E-state index in [2.05, 4.69) is 37.5 Å². The highest BCUT2D eigenvalue weighted by molar-refractivity contribution is 5.75. The second-order valence-electron chi connectivity index (χ2n) is 5.00. The summed E-state index contributed by atoms with van der Waals surface area (Å²) in [5.74, 6) is 0.722. The second-order valence-corrected chi connectivity index (χ2v) is 5.00. The maximum Gasteiger partial charge on any atom is 0.239 e. The van der Waals surface area contributed by atoms with Crippen molar-refractivity contribution in [2.45, 2.75) is 40.3 Å². The highest BCUT2D eigenvalue weighted by Crippen LogP contribution is 2.02. The number of nitrogens with zero attached hydrogens (tertiary/aromatic N) is 1. The molecule has 4 nitrogen and oxygen atoms in total. The number of carbonyl (C=O) groups excluding carboxylic acids is 1. The van der Waals surface area contributed by atoms with Gasteiger partial charge in [0.15, 0.2) is 0 Å². The largest absolute Gasteiger partial charge is 0.355 e. The molecule has 4 heteroatoms. The monoisotopic (exact) mass is 251 g/mol. The van der Waals surface area contributed by atoms with Crippen molar-refractivity contribution in [1.82, 2.24) is 15.2 Å². The smallest absolute Gasteiger partial charge is 0.239 e. The van der Waals surface area contributed by atoms with Crippen LogP contribution in [0.4, 0.5) is 0 Å². The summed E-state index contributed by atoms with van der Waals surface area (Å²) >= 11 is 0. The standard InChI is InChI=1S/C14H25N3O/c1-4-7-16-14(18)11-17-8-5-6-13(17)10-15-9-12(2)3/h5-6,8,12,15H,4,7,9-11H2,1-3H3,(H,16,18). The van der Waals surface area contributed by atoms with E-state index in [1.54, 1.807) is 0 Å².